The Morgan fingerprint density at radius 1 is 1.31 bits per heavy atom. The smallest absolute Gasteiger partial charge is 0.218 e. The van der Waals surface area contributed by atoms with Crippen molar-refractivity contribution in [2.24, 2.45) is 0 Å². The van der Waals surface area contributed by atoms with Crippen molar-refractivity contribution in [1.82, 2.24) is 14.5 Å². The molecule has 6 heteroatoms. The Morgan fingerprint density at radius 2 is 2.06 bits per heavy atom. The van der Waals surface area contributed by atoms with Gasteiger partial charge in [-0.2, -0.15) is 4.31 Å². The Kier molecular flexibility index (Phi) is 3.53. The van der Waals surface area contributed by atoms with Gasteiger partial charge in [0.25, 0.3) is 0 Å². The summed E-state index contributed by atoms with van der Waals surface area (Å²) in [6.07, 6.45) is 0.753. The van der Waals surface area contributed by atoms with E-state index < -0.39 is 10.0 Å². The first kappa shape index (κ1) is 12.3. The summed E-state index contributed by atoms with van der Waals surface area (Å²) < 4.78 is 26.3. The molecule has 0 bridgehead atoms. The molecule has 2 saturated heterocycles. The first-order valence-electron chi connectivity index (χ1n) is 5.91. The van der Waals surface area contributed by atoms with Gasteiger partial charge in [0, 0.05) is 32.2 Å². The van der Waals surface area contributed by atoms with Crippen LogP contribution in [0.3, 0.4) is 0 Å². The molecule has 2 aliphatic heterocycles. The Labute approximate surface area is 97.8 Å². The second kappa shape index (κ2) is 4.60. The predicted octanol–water partition coefficient (Wildman–Crippen LogP) is -0.686. The van der Waals surface area contributed by atoms with Crippen molar-refractivity contribution in [3.05, 3.63) is 0 Å². The van der Waals surface area contributed by atoms with Crippen molar-refractivity contribution in [3.63, 3.8) is 0 Å². The quantitative estimate of drug-likeness (QED) is 0.702. The third-order valence-electron chi connectivity index (χ3n) is 3.72. The number of piperazine rings is 1. The van der Waals surface area contributed by atoms with Gasteiger partial charge >= 0.3 is 0 Å². The molecule has 2 unspecified atom stereocenters. The van der Waals surface area contributed by atoms with Crippen LogP contribution in [0.4, 0.5) is 0 Å². The minimum absolute atomic E-state index is 0.205. The summed E-state index contributed by atoms with van der Waals surface area (Å²) in [6.45, 7) is 5.63. The van der Waals surface area contributed by atoms with E-state index in [2.05, 4.69) is 17.1 Å². The van der Waals surface area contributed by atoms with Crippen LogP contribution in [0, 0.1) is 0 Å². The monoisotopic (exact) mass is 247 g/mol. The minimum Gasteiger partial charge on any atom is -0.315 e. The molecular weight excluding hydrogens is 226 g/mol. The normalized spacial score (nSPS) is 34.4. The average molecular weight is 247 g/mol. The number of rotatable bonds is 2. The lowest BCUT2D eigenvalue weighted by Crippen LogP contribution is -2.54. The van der Waals surface area contributed by atoms with Crippen molar-refractivity contribution < 1.29 is 8.42 Å². The Bertz CT molecular complexity index is 338. The Morgan fingerprint density at radius 3 is 2.62 bits per heavy atom. The van der Waals surface area contributed by atoms with Gasteiger partial charge in [0.1, 0.15) is 0 Å². The number of nitrogens with zero attached hydrogens (tertiary/aromatic N) is 2. The third kappa shape index (κ3) is 2.25. The fraction of sp³-hybridized carbons (Fsp3) is 1.00. The Hall–Kier alpha value is -0.170. The van der Waals surface area contributed by atoms with Crippen LogP contribution in [0.2, 0.25) is 0 Å². The van der Waals surface area contributed by atoms with Crippen LogP contribution in [0.1, 0.15) is 13.3 Å². The predicted molar refractivity (Wildman–Crippen MR) is 63.9 cm³/mol. The first-order valence-corrected chi connectivity index (χ1v) is 7.42. The van der Waals surface area contributed by atoms with Crippen molar-refractivity contribution in [2.75, 3.05) is 39.8 Å². The van der Waals surface area contributed by atoms with Crippen LogP contribution < -0.4 is 5.32 Å². The van der Waals surface area contributed by atoms with E-state index in [4.69, 9.17) is 0 Å². The van der Waals surface area contributed by atoms with Gasteiger partial charge in [-0.05, 0) is 26.9 Å². The van der Waals surface area contributed by atoms with Crippen LogP contribution in [0.15, 0.2) is 0 Å². The fourth-order valence-corrected chi connectivity index (χ4v) is 4.26. The second-order valence-electron chi connectivity index (χ2n) is 4.85. The maximum atomic E-state index is 12.3. The summed E-state index contributed by atoms with van der Waals surface area (Å²) in [5.41, 5.74) is 0. The molecule has 16 heavy (non-hydrogen) atoms. The molecule has 0 aromatic carbocycles. The van der Waals surface area contributed by atoms with Gasteiger partial charge in [0.15, 0.2) is 0 Å². The molecule has 2 atom stereocenters. The zero-order valence-corrected chi connectivity index (χ0v) is 10.8. The van der Waals surface area contributed by atoms with E-state index in [9.17, 15) is 8.42 Å². The Balaban J connectivity index is 2.06. The highest BCUT2D eigenvalue weighted by Gasteiger charge is 2.36. The number of sulfonamides is 1. The van der Waals surface area contributed by atoms with Crippen LogP contribution >= 0.6 is 0 Å². The molecule has 0 radical (unpaired) electrons. The highest BCUT2D eigenvalue weighted by Crippen LogP contribution is 2.18. The van der Waals surface area contributed by atoms with Gasteiger partial charge in [-0.1, -0.05) is 0 Å². The lowest BCUT2D eigenvalue weighted by atomic mass is 10.2. The highest BCUT2D eigenvalue weighted by atomic mass is 32.2. The standard InChI is InChI=1S/C10H21N3O2S/c1-9-8-13(6-5-12(9)2)16(14,15)10-3-4-11-7-10/h9-11H,3-8H2,1-2H3. The molecule has 0 aromatic rings. The zero-order chi connectivity index (χ0) is 11.8. The molecule has 0 saturated carbocycles. The molecular formula is C10H21N3O2S. The van der Waals surface area contributed by atoms with E-state index in [0.717, 1.165) is 19.5 Å². The third-order valence-corrected chi connectivity index (χ3v) is 6.01. The summed E-state index contributed by atoms with van der Waals surface area (Å²) in [4.78, 5) is 2.21. The van der Waals surface area contributed by atoms with Gasteiger partial charge in [0.2, 0.25) is 10.0 Å². The van der Waals surface area contributed by atoms with Crippen molar-refractivity contribution in [2.45, 2.75) is 24.6 Å². The SMILES string of the molecule is CC1CN(S(=O)(=O)C2CCNC2)CCN1C. The summed E-state index contributed by atoms with van der Waals surface area (Å²) in [5.74, 6) is 0. The van der Waals surface area contributed by atoms with Crippen LogP contribution in [-0.4, -0.2) is 68.7 Å². The van der Waals surface area contributed by atoms with E-state index in [0.29, 0.717) is 25.7 Å². The lowest BCUT2D eigenvalue weighted by Gasteiger charge is -2.37. The molecule has 2 heterocycles. The lowest BCUT2D eigenvalue weighted by molar-refractivity contribution is 0.159. The van der Waals surface area contributed by atoms with Gasteiger partial charge in [-0.15, -0.1) is 0 Å². The van der Waals surface area contributed by atoms with Gasteiger partial charge in [-0.25, -0.2) is 8.42 Å². The molecule has 94 valence electrons. The molecule has 0 aromatic heterocycles. The number of hydrogen-bond acceptors (Lipinski definition) is 4. The second-order valence-corrected chi connectivity index (χ2v) is 7.06. The van der Waals surface area contributed by atoms with Crippen molar-refractivity contribution in [3.8, 4) is 0 Å². The summed E-state index contributed by atoms with van der Waals surface area (Å²) in [5, 5.41) is 2.92. The summed E-state index contributed by atoms with van der Waals surface area (Å²) in [6, 6.07) is 0.317. The molecule has 5 nitrogen and oxygen atoms in total. The van der Waals surface area contributed by atoms with E-state index in [1.54, 1.807) is 4.31 Å². The number of hydrogen-bond donors (Lipinski definition) is 1. The van der Waals surface area contributed by atoms with Crippen LogP contribution in [0.25, 0.3) is 0 Å². The number of nitrogens with one attached hydrogen (secondary N) is 1. The average Bonchev–Trinajstić information content (AvgIpc) is 2.75. The van der Waals surface area contributed by atoms with Crippen LogP contribution in [-0.2, 0) is 10.0 Å². The minimum atomic E-state index is -3.07. The van der Waals surface area contributed by atoms with E-state index in [1.807, 2.05) is 7.05 Å². The molecule has 2 aliphatic rings. The number of likely N-dealkylation sites (N-methyl/N-ethyl adjacent to an activating group) is 1. The largest absolute Gasteiger partial charge is 0.315 e. The highest BCUT2D eigenvalue weighted by molar-refractivity contribution is 7.89. The zero-order valence-electron chi connectivity index (χ0n) is 10.0. The van der Waals surface area contributed by atoms with E-state index >= 15 is 0 Å². The van der Waals surface area contributed by atoms with Crippen molar-refractivity contribution >= 4 is 10.0 Å². The van der Waals surface area contributed by atoms with Gasteiger partial charge < -0.3 is 10.2 Å². The molecule has 2 fully saturated rings. The van der Waals surface area contributed by atoms with Crippen LogP contribution in [0.5, 0.6) is 0 Å². The first-order chi connectivity index (χ1) is 7.51. The molecule has 0 aliphatic carbocycles. The van der Waals surface area contributed by atoms with Gasteiger partial charge in [0.05, 0.1) is 5.25 Å². The molecule has 1 N–H and O–H groups in total. The maximum absolute atomic E-state index is 12.3. The molecule has 2 rings (SSSR count). The summed E-state index contributed by atoms with van der Waals surface area (Å²) in [7, 11) is -1.03. The fourth-order valence-electron chi connectivity index (χ4n) is 2.34. The summed E-state index contributed by atoms with van der Waals surface area (Å²) >= 11 is 0. The van der Waals surface area contributed by atoms with Gasteiger partial charge in [-0.3, -0.25) is 0 Å². The maximum Gasteiger partial charge on any atom is 0.218 e. The van der Waals surface area contributed by atoms with Crippen molar-refractivity contribution in [1.29, 1.82) is 0 Å². The topological polar surface area (TPSA) is 52.7 Å². The van der Waals surface area contributed by atoms with E-state index in [-0.39, 0.29) is 5.25 Å². The molecule has 0 amide bonds. The van der Waals surface area contributed by atoms with E-state index in [1.165, 1.54) is 0 Å². The molecule has 0 spiro atoms.